The van der Waals surface area contributed by atoms with Crippen molar-refractivity contribution in [2.24, 2.45) is 5.92 Å². The fourth-order valence-electron chi connectivity index (χ4n) is 3.39. The molecule has 1 atom stereocenters. The third-order valence-electron chi connectivity index (χ3n) is 4.89. The average Bonchev–Trinajstić information content (AvgIpc) is 3.09. The molecule has 3 rings (SSSR count). The number of rotatable bonds is 6. The number of benzene rings is 2. The minimum Gasteiger partial charge on any atom is -0.469 e. The van der Waals surface area contributed by atoms with Crippen molar-refractivity contribution < 1.29 is 14.3 Å². The van der Waals surface area contributed by atoms with Gasteiger partial charge in [0.25, 0.3) is 0 Å². The number of hydrogen-bond donors (Lipinski definition) is 0. The second-order valence-electron chi connectivity index (χ2n) is 7.00. The highest BCUT2D eigenvalue weighted by molar-refractivity contribution is 6.06. The molecule has 1 unspecified atom stereocenters. The predicted molar refractivity (Wildman–Crippen MR) is 107 cm³/mol. The van der Waals surface area contributed by atoms with Crippen LogP contribution in [0.2, 0.25) is 0 Å². The lowest BCUT2D eigenvalue weighted by Crippen LogP contribution is -2.31. The maximum atomic E-state index is 12.8. The van der Waals surface area contributed by atoms with Crippen LogP contribution in [0.15, 0.2) is 48.5 Å². The monoisotopic (exact) mass is 377 g/mol. The first-order valence-electron chi connectivity index (χ1n) is 9.26. The van der Waals surface area contributed by atoms with E-state index in [9.17, 15) is 9.59 Å². The van der Waals surface area contributed by atoms with Crippen molar-refractivity contribution in [1.29, 1.82) is 5.26 Å². The highest BCUT2D eigenvalue weighted by atomic mass is 16.5. The van der Waals surface area contributed by atoms with E-state index >= 15 is 0 Å². The molecule has 1 fully saturated rings. The molecule has 0 aromatic heterocycles. The van der Waals surface area contributed by atoms with Gasteiger partial charge in [0.05, 0.1) is 18.7 Å². The second-order valence-corrected chi connectivity index (χ2v) is 7.00. The fourth-order valence-corrected chi connectivity index (χ4v) is 3.39. The van der Waals surface area contributed by atoms with E-state index in [1.165, 1.54) is 7.11 Å². The van der Waals surface area contributed by atoms with Gasteiger partial charge in [-0.15, -0.1) is 0 Å². The normalized spacial score (nSPS) is 14.7. The van der Waals surface area contributed by atoms with Crippen LogP contribution in [0.1, 0.15) is 24.5 Å². The van der Waals surface area contributed by atoms with Crippen LogP contribution in [-0.4, -0.2) is 32.2 Å². The summed E-state index contributed by atoms with van der Waals surface area (Å²) in [5.41, 5.74) is 3.34. The molecule has 0 aliphatic carbocycles. The van der Waals surface area contributed by atoms with Crippen LogP contribution in [0, 0.1) is 17.2 Å². The quantitative estimate of drug-likeness (QED) is 0.719. The maximum Gasteiger partial charge on any atom is 0.329 e. The summed E-state index contributed by atoms with van der Waals surface area (Å²) in [7, 11) is 1.40. The van der Waals surface area contributed by atoms with E-state index in [1.54, 1.807) is 34.1 Å². The van der Waals surface area contributed by atoms with Crippen LogP contribution < -0.4 is 9.80 Å². The summed E-state index contributed by atoms with van der Waals surface area (Å²) in [6, 6.07) is 16.9. The number of amides is 2. The highest BCUT2D eigenvalue weighted by Gasteiger charge is 2.30. The van der Waals surface area contributed by atoms with Crippen molar-refractivity contribution >= 4 is 23.4 Å². The Morgan fingerprint density at radius 3 is 2.11 bits per heavy atom. The Morgan fingerprint density at radius 2 is 1.61 bits per heavy atom. The number of nitrogens with zero attached hydrogens (tertiary/aromatic N) is 3. The van der Waals surface area contributed by atoms with Crippen LogP contribution in [0.5, 0.6) is 0 Å². The number of carbonyl (C=O) groups excluding carboxylic acids is 2. The molecule has 1 aliphatic rings. The first kappa shape index (κ1) is 19.4. The average molecular weight is 377 g/mol. The molecule has 6 heteroatoms. The van der Waals surface area contributed by atoms with E-state index in [0.717, 1.165) is 23.4 Å². The number of hydrogen-bond acceptors (Lipinski definition) is 4. The van der Waals surface area contributed by atoms with Gasteiger partial charge in [-0.05, 0) is 54.3 Å². The van der Waals surface area contributed by atoms with Crippen molar-refractivity contribution in [1.82, 2.24) is 0 Å². The molecule has 2 amide bonds. The highest BCUT2D eigenvalue weighted by Crippen LogP contribution is 2.26. The Bertz CT molecular complexity index is 885. The Labute approximate surface area is 164 Å². The summed E-state index contributed by atoms with van der Waals surface area (Å²) in [6.07, 6.45) is 1.17. The lowest BCUT2D eigenvalue weighted by molar-refractivity contribution is -0.141. The Balaban J connectivity index is 1.65. The molecule has 1 heterocycles. The van der Waals surface area contributed by atoms with Gasteiger partial charge in [-0.2, -0.15) is 5.26 Å². The van der Waals surface area contributed by atoms with Crippen molar-refractivity contribution in [2.45, 2.75) is 19.8 Å². The van der Waals surface area contributed by atoms with Crippen molar-refractivity contribution in [3.05, 3.63) is 59.7 Å². The molecule has 1 aliphatic heterocycles. The molecule has 144 valence electrons. The van der Waals surface area contributed by atoms with E-state index in [4.69, 9.17) is 10.00 Å². The number of nitriles is 1. The first-order valence-corrected chi connectivity index (χ1v) is 9.26. The molecule has 0 saturated carbocycles. The Morgan fingerprint density at radius 1 is 1.07 bits per heavy atom. The summed E-state index contributed by atoms with van der Waals surface area (Å²) in [6.45, 7) is 3.23. The third kappa shape index (κ3) is 4.32. The molecule has 2 aromatic carbocycles. The smallest absolute Gasteiger partial charge is 0.329 e. The standard InChI is InChI=1S/C22H23N3O3/c1-16(14-21(26)28-2)13-17-3-7-19(8-4-17)24-11-12-25(22(24)27)20-9-5-18(15-23)6-10-20/h3-10,16H,11-14H2,1-2H3. The predicted octanol–water partition coefficient (Wildman–Crippen LogP) is 3.75. The molecule has 28 heavy (non-hydrogen) atoms. The van der Waals surface area contributed by atoms with Crippen LogP contribution in [0.25, 0.3) is 0 Å². The number of anilines is 2. The zero-order valence-electron chi connectivity index (χ0n) is 16.1. The fraction of sp³-hybridized carbons (Fsp3) is 0.318. The molecular formula is C22H23N3O3. The van der Waals surface area contributed by atoms with Gasteiger partial charge in [0, 0.05) is 30.9 Å². The van der Waals surface area contributed by atoms with Gasteiger partial charge in [-0.3, -0.25) is 14.6 Å². The van der Waals surface area contributed by atoms with Gasteiger partial charge in [0.1, 0.15) is 0 Å². The number of esters is 1. The minimum atomic E-state index is -0.199. The van der Waals surface area contributed by atoms with Gasteiger partial charge < -0.3 is 4.74 Å². The van der Waals surface area contributed by atoms with E-state index in [-0.39, 0.29) is 17.9 Å². The van der Waals surface area contributed by atoms with Gasteiger partial charge >= 0.3 is 12.0 Å². The maximum absolute atomic E-state index is 12.8. The van der Waals surface area contributed by atoms with Crippen LogP contribution in [0.3, 0.4) is 0 Å². The van der Waals surface area contributed by atoms with Crippen LogP contribution in [-0.2, 0) is 16.0 Å². The van der Waals surface area contributed by atoms with E-state index in [1.807, 2.05) is 31.2 Å². The van der Waals surface area contributed by atoms with Crippen LogP contribution in [0.4, 0.5) is 16.2 Å². The van der Waals surface area contributed by atoms with Crippen LogP contribution >= 0.6 is 0 Å². The molecule has 0 bridgehead atoms. The largest absolute Gasteiger partial charge is 0.469 e. The molecule has 0 radical (unpaired) electrons. The van der Waals surface area contributed by atoms with Crippen molar-refractivity contribution in [3.63, 3.8) is 0 Å². The second kappa shape index (κ2) is 8.57. The molecule has 6 nitrogen and oxygen atoms in total. The minimum absolute atomic E-state index is 0.0727. The van der Waals surface area contributed by atoms with E-state index in [0.29, 0.717) is 25.1 Å². The summed E-state index contributed by atoms with van der Waals surface area (Å²) >= 11 is 0. The lowest BCUT2D eigenvalue weighted by atomic mass is 9.98. The molecular weight excluding hydrogens is 354 g/mol. The molecule has 1 saturated heterocycles. The number of ether oxygens (including phenoxy) is 1. The molecule has 0 N–H and O–H groups in total. The third-order valence-corrected chi connectivity index (χ3v) is 4.89. The molecule has 2 aromatic rings. The van der Waals surface area contributed by atoms with Gasteiger partial charge in [0.15, 0.2) is 0 Å². The zero-order chi connectivity index (χ0) is 20.1. The van der Waals surface area contributed by atoms with Crippen molar-refractivity contribution in [3.8, 4) is 6.07 Å². The van der Waals surface area contributed by atoms with E-state index in [2.05, 4.69) is 6.07 Å². The summed E-state index contributed by atoms with van der Waals surface area (Å²) in [4.78, 5) is 27.7. The van der Waals surface area contributed by atoms with Gasteiger partial charge in [-0.25, -0.2) is 4.79 Å². The first-order chi connectivity index (χ1) is 13.5. The summed E-state index contributed by atoms with van der Waals surface area (Å²) in [5.74, 6) is -0.00623. The van der Waals surface area contributed by atoms with Gasteiger partial charge in [0.2, 0.25) is 0 Å². The number of methoxy groups -OCH3 is 1. The van der Waals surface area contributed by atoms with E-state index < -0.39 is 0 Å². The SMILES string of the molecule is COC(=O)CC(C)Cc1ccc(N2CCN(c3ccc(C#N)cc3)C2=O)cc1. The number of urea groups is 1. The summed E-state index contributed by atoms with van der Waals surface area (Å²) < 4.78 is 4.71. The zero-order valence-corrected chi connectivity index (χ0v) is 16.1. The summed E-state index contributed by atoms with van der Waals surface area (Å²) in [5, 5.41) is 8.91. The topological polar surface area (TPSA) is 73.6 Å². The lowest BCUT2D eigenvalue weighted by Gasteiger charge is -2.19. The Kier molecular flexibility index (Phi) is 5.95. The Hall–Kier alpha value is -3.33. The molecule has 0 spiro atoms. The van der Waals surface area contributed by atoms with Crippen molar-refractivity contribution in [2.75, 3.05) is 30.0 Å². The number of carbonyl (C=O) groups is 2. The van der Waals surface area contributed by atoms with Gasteiger partial charge in [-0.1, -0.05) is 19.1 Å².